The summed E-state index contributed by atoms with van der Waals surface area (Å²) in [6.45, 7) is -0.395. The molecule has 0 saturated carbocycles. The molecule has 0 unspecified atom stereocenters. The number of hydrogen-bond acceptors (Lipinski definition) is 4. The van der Waals surface area contributed by atoms with Crippen LogP contribution in [-0.2, 0) is 16.1 Å². The van der Waals surface area contributed by atoms with Gasteiger partial charge >= 0.3 is 12.1 Å². The van der Waals surface area contributed by atoms with Crippen molar-refractivity contribution in [3.63, 3.8) is 0 Å². The van der Waals surface area contributed by atoms with Gasteiger partial charge < -0.3 is 19.7 Å². The third kappa shape index (κ3) is 3.52. The predicted molar refractivity (Wildman–Crippen MR) is 74.4 cm³/mol. The summed E-state index contributed by atoms with van der Waals surface area (Å²) in [5.41, 5.74) is -0.420. The SMILES string of the molecule is Cc1cc(O)cc(=O)n1CC(=O)N1C[C@@H](C(F)(F)F)[C@H](C(=O)O)C1. The Kier molecular flexibility index (Phi) is 4.59. The Bertz CT molecular complexity index is 728. The minimum absolute atomic E-state index is 0.259. The highest BCUT2D eigenvalue weighted by Gasteiger charge is 2.53. The monoisotopic (exact) mass is 348 g/mol. The van der Waals surface area contributed by atoms with Crippen molar-refractivity contribution in [1.29, 1.82) is 0 Å². The van der Waals surface area contributed by atoms with E-state index in [4.69, 9.17) is 5.11 Å². The van der Waals surface area contributed by atoms with Gasteiger partial charge in [0.15, 0.2) is 0 Å². The molecule has 2 atom stereocenters. The molecule has 2 N–H and O–H groups in total. The number of carbonyl (C=O) groups excluding carboxylic acids is 1. The second kappa shape index (κ2) is 6.17. The molecule has 0 bridgehead atoms. The van der Waals surface area contributed by atoms with Crippen molar-refractivity contribution >= 4 is 11.9 Å². The van der Waals surface area contributed by atoms with E-state index in [0.29, 0.717) is 0 Å². The van der Waals surface area contributed by atoms with Crippen molar-refractivity contribution in [1.82, 2.24) is 9.47 Å². The molecule has 1 aromatic rings. The maximum atomic E-state index is 12.9. The molecule has 10 heteroatoms. The number of carbonyl (C=O) groups is 2. The number of aryl methyl sites for hydroxylation is 1. The first-order valence-electron chi connectivity index (χ1n) is 6.98. The summed E-state index contributed by atoms with van der Waals surface area (Å²) in [7, 11) is 0. The Morgan fingerprint density at radius 3 is 2.38 bits per heavy atom. The first-order chi connectivity index (χ1) is 11.0. The van der Waals surface area contributed by atoms with Gasteiger partial charge in [-0.05, 0) is 13.0 Å². The highest BCUT2D eigenvalue weighted by molar-refractivity contribution is 5.79. The summed E-state index contributed by atoms with van der Waals surface area (Å²) in [5.74, 6) is -6.57. The predicted octanol–water partition coefficient (Wildman–Crippen LogP) is 0.584. The second-order valence-corrected chi connectivity index (χ2v) is 5.67. The smallest absolute Gasteiger partial charge is 0.394 e. The van der Waals surface area contributed by atoms with Crippen LogP contribution in [0.2, 0.25) is 0 Å². The first kappa shape index (κ1) is 17.8. The largest absolute Gasteiger partial charge is 0.508 e. The Hall–Kier alpha value is -2.52. The highest BCUT2D eigenvalue weighted by Crippen LogP contribution is 2.37. The lowest BCUT2D eigenvalue weighted by Gasteiger charge is -2.19. The molecule has 0 aromatic carbocycles. The molecule has 1 amide bonds. The fourth-order valence-electron chi connectivity index (χ4n) is 2.74. The normalized spacial score (nSPS) is 21.1. The molecule has 0 aliphatic carbocycles. The van der Waals surface area contributed by atoms with Gasteiger partial charge in [-0.25, -0.2) is 0 Å². The van der Waals surface area contributed by atoms with Gasteiger partial charge in [0.25, 0.3) is 5.56 Å². The van der Waals surface area contributed by atoms with Crippen LogP contribution in [0.1, 0.15) is 5.69 Å². The van der Waals surface area contributed by atoms with Crippen LogP contribution in [0.25, 0.3) is 0 Å². The van der Waals surface area contributed by atoms with Gasteiger partial charge in [0, 0.05) is 24.8 Å². The lowest BCUT2D eigenvalue weighted by atomic mass is 9.96. The molecule has 0 spiro atoms. The number of carboxylic acid groups (broad SMARTS) is 1. The zero-order valence-corrected chi connectivity index (χ0v) is 12.6. The number of alkyl halides is 3. The van der Waals surface area contributed by atoms with Crippen molar-refractivity contribution in [2.45, 2.75) is 19.6 Å². The number of carboxylic acids is 1. The number of rotatable bonds is 3. The van der Waals surface area contributed by atoms with E-state index in [1.54, 1.807) is 0 Å². The maximum Gasteiger partial charge on any atom is 0.394 e. The van der Waals surface area contributed by atoms with Gasteiger partial charge in [-0.15, -0.1) is 0 Å². The van der Waals surface area contributed by atoms with E-state index in [-0.39, 0.29) is 11.4 Å². The number of hydrogen-bond donors (Lipinski definition) is 2. The van der Waals surface area contributed by atoms with E-state index in [2.05, 4.69) is 0 Å². The summed E-state index contributed by atoms with van der Waals surface area (Å²) in [4.78, 5) is 35.8. The van der Waals surface area contributed by atoms with Crippen LogP contribution in [0.4, 0.5) is 13.2 Å². The number of aliphatic carboxylic acids is 1. The molecule has 24 heavy (non-hydrogen) atoms. The molecule has 1 saturated heterocycles. The molecule has 7 nitrogen and oxygen atoms in total. The zero-order valence-electron chi connectivity index (χ0n) is 12.6. The average Bonchev–Trinajstić information content (AvgIpc) is 2.88. The fourth-order valence-corrected chi connectivity index (χ4v) is 2.74. The molecule has 0 radical (unpaired) electrons. The molecule has 1 fully saturated rings. The lowest BCUT2D eigenvalue weighted by molar-refractivity contribution is -0.188. The van der Waals surface area contributed by atoms with E-state index in [9.17, 15) is 32.7 Å². The molecular weight excluding hydrogens is 333 g/mol. The number of aromatic nitrogens is 1. The molecule has 132 valence electrons. The minimum Gasteiger partial charge on any atom is -0.508 e. The number of aromatic hydroxyl groups is 1. The van der Waals surface area contributed by atoms with Crippen LogP contribution in [0.5, 0.6) is 5.75 Å². The first-order valence-corrected chi connectivity index (χ1v) is 6.98. The average molecular weight is 348 g/mol. The maximum absolute atomic E-state index is 12.9. The van der Waals surface area contributed by atoms with Gasteiger partial charge in [-0.3, -0.25) is 14.4 Å². The van der Waals surface area contributed by atoms with Crippen LogP contribution < -0.4 is 5.56 Å². The standard InChI is InChI=1S/C14H15F3N2O5/c1-7-2-8(20)3-11(21)19(7)6-12(22)18-4-9(13(23)24)10(5-18)14(15,16)17/h2-3,9-10,20H,4-6H2,1H3,(H,23,24)/t9-,10-/m1/s1. The van der Waals surface area contributed by atoms with Gasteiger partial charge in [-0.1, -0.05) is 0 Å². The van der Waals surface area contributed by atoms with Crippen molar-refractivity contribution in [2.24, 2.45) is 11.8 Å². The Balaban J connectivity index is 2.20. The van der Waals surface area contributed by atoms with Crippen LogP contribution in [0.15, 0.2) is 16.9 Å². The number of nitrogens with zero attached hydrogens (tertiary/aromatic N) is 2. The van der Waals surface area contributed by atoms with Crippen molar-refractivity contribution < 1.29 is 33.0 Å². The van der Waals surface area contributed by atoms with E-state index in [1.807, 2.05) is 0 Å². The number of pyridine rings is 1. The summed E-state index contributed by atoms with van der Waals surface area (Å²) < 4.78 is 39.8. The van der Waals surface area contributed by atoms with Crippen molar-refractivity contribution in [3.8, 4) is 5.75 Å². The minimum atomic E-state index is -4.73. The van der Waals surface area contributed by atoms with Crippen molar-refractivity contribution in [3.05, 3.63) is 28.2 Å². The van der Waals surface area contributed by atoms with Gasteiger partial charge in [0.1, 0.15) is 12.3 Å². The highest BCUT2D eigenvalue weighted by atomic mass is 19.4. The third-order valence-electron chi connectivity index (χ3n) is 4.02. The van der Waals surface area contributed by atoms with Gasteiger partial charge in [0.2, 0.25) is 5.91 Å². The van der Waals surface area contributed by atoms with Crippen LogP contribution in [0, 0.1) is 18.8 Å². The molecular formula is C14H15F3N2O5. The Labute approximate surface area is 133 Å². The Morgan fingerprint density at radius 2 is 1.92 bits per heavy atom. The molecule has 2 rings (SSSR count). The van der Waals surface area contributed by atoms with Gasteiger partial charge in [0.05, 0.1) is 11.8 Å². The van der Waals surface area contributed by atoms with Crippen LogP contribution in [-0.4, -0.2) is 50.8 Å². The molecule has 1 aromatic heterocycles. The molecule has 1 aliphatic rings. The number of halogens is 3. The van der Waals surface area contributed by atoms with E-state index >= 15 is 0 Å². The Morgan fingerprint density at radius 1 is 1.29 bits per heavy atom. The zero-order chi connectivity index (χ0) is 18.2. The summed E-state index contributed by atoms with van der Waals surface area (Å²) >= 11 is 0. The van der Waals surface area contributed by atoms with Crippen LogP contribution >= 0.6 is 0 Å². The lowest BCUT2D eigenvalue weighted by Crippen LogP contribution is -2.36. The third-order valence-corrected chi connectivity index (χ3v) is 4.02. The quantitative estimate of drug-likeness (QED) is 0.833. The summed E-state index contributed by atoms with van der Waals surface area (Å²) in [6.07, 6.45) is -4.73. The number of likely N-dealkylation sites (tertiary alicyclic amines) is 1. The molecule has 2 heterocycles. The number of amides is 1. The summed E-state index contributed by atoms with van der Waals surface area (Å²) in [5, 5.41) is 18.2. The summed E-state index contributed by atoms with van der Waals surface area (Å²) in [6, 6.07) is 2.11. The molecule has 1 aliphatic heterocycles. The van der Waals surface area contributed by atoms with Gasteiger partial charge in [-0.2, -0.15) is 13.2 Å². The van der Waals surface area contributed by atoms with E-state index in [1.165, 1.54) is 13.0 Å². The topological polar surface area (TPSA) is 99.8 Å². The van der Waals surface area contributed by atoms with Crippen LogP contribution in [0.3, 0.4) is 0 Å². The van der Waals surface area contributed by atoms with E-state index in [0.717, 1.165) is 15.5 Å². The second-order valence-electron chi connectivity index (χ2n) is 5.67. The van der Waals surface area contributed by atoms with Crippen molar-refractivity contribution in [2.75, 3.05) is 13.1 Å². The fraction of sp³-hybridized carbons (Fsp3) is 0.500. The van der Waals surface area contributed by atoms with E-state index < -0.39 is 55.1 Å².